The highest BCUT2D eigenvalue weighted by molar-refractivity contribution is 5.90. The van der Waals surface area contributed by atoms with E-state index in [2.05, 4.69) is 31.0 Å². The summed E-state index contributed by atoms with van der Waals surface area (Å²) in [5.74, 6) is -2.44. The van der Waals surface area contributed by atoms with Gasteiger partial charge in [-0.2, -0.15) is 0 Å². The van der Waals surface area contributed by atoms with Crippen molar-refractivity contribution in [1.29, 1.82) is 0 Å². The first kappa shape index (κ1) is 43.6. The van der Waals surface area contributed by atoms with Crippen LogP contribution in [0.5, 0.6) is 0 Å². The van der Waals surface area contributed by atoms with E-state index in [0.29, 0.717) is 67.8 Å². The van der Waals surface area contributed by atoms with Crippen LogP contribution in [0.15, 0.2) is 95.1 Å². The number of nitrogens with one attached hydrogen (secondary N) is 2. The number of hydrogen-bond donors (Lipinski definition) is 2. The first-order valence-corrected chi connectivity index (χ1v) is 19.3. The molecule has 2 amide bonds. The fraction of sp³-hybridized carbons (Fsp3) is 0.317. The Kier molecular flexibility index (Phi) is 15.2. The number of rotatable bonds is 21. The highest BCUT2D eigenvalue weighted by atomic mass is 19.1. The van der Waals surface area contributed by atoms with Gasteiger partial charge in [-0.3, -0.25) is 9.69 Å². The molecule has 318 valence electrons. The second kappa shape index (κ2) is 21.3. The molecule has 0 saturated heterocycles. The number of fused-ring (bicyclic) bond motifs is 1. The van der Waals surface area contributed by atoms with Crippen LogP contribution in [0, 0.1) is 11.6 Å². The molecule has 0 radical (unpaired) electrons. The molecular formula is C41H44F2N12O6. The molecule has 0 aliphatic carbocycles. The number of carbonyl (C=O) groups is 2. The van der Waals surface area contributed by atoms with Gasteiger partial charge in [-0.15, -0.1) is 5.10 Å². The van der Waals surface area contributed by atoms with Crippen LogP contribution in [-0.4, -0.2) is 92.5 Å². The van der Waals surface area contributed by atoms with Gasteiger partial charge in [0.15, 0.2) is 0 Å². The lowest BCUT2D eigenvalue weighted by molar-refractivity contribution is 0.0467. The first-order chi connectivity index (χ1) is 29.6. The number of carbonyl (C=O) groups excluding carboxylic acids is 2. The third kappa shape index (κ3) is 11.6. The van der Waals surface area contributed by atoms with Crippen LogP contribution in [0.25, 0.3) is 27.5 Å². The standard InChI is InChI=1S/C41H44F2N12O6/c1-3-61-39(57)33-26-53(25-32-34(42)10-7-11-35(32)43)41-48-37(36(55(41)38(33)56)27-52(2)23-28-8-5-4-6-9-28)29-12-14-30(15-13-29)47-40(58)45-22-31-24-54(51-49-31)17-19-60-21-20-59-18-16-46-50-44/h4-15,24,26H,3,16-23,25,27H2,1-2H3,(H2,45,47,58). The summed E-state index contributed by atoms with van der Waals surface area (Å²) >= 11 is 0. The Morgan fingerprint density at radius 2 is 1.67 bits per heavy atom. The molecule has 20 heteroatoms. The van der Waals surface area contributed by atoms with Crippen molar-refractivity contribution < 1.29 is 32.6 Å². The molecule has 0 bridgehead atoms. The lowest BCUT2D eigenvalue weighted by Crippen LogP contribution is -2.29. The SMILES string of the molecule is CCOC(=O)c1cn(Cc2c(F)cccc2F)c2nc(-c3ccc(NC(=O)NCc4cn(CCOCCOCCN=[N+]=[N-])nn4)cc3)c(CN(C)Cc3ccccc3)n2c1=O. The summed E-state index contributed by atoms with van der Waals surface area (Å²) in [4.78, 5) is 49.7. The van der Waals surface area contributed by atoms with E-state index < -0.39 is 29.2 Å². The molecule has 0 unspecified atom stereocenters. The molecule has 0 atom stereocenters. The molecule has 3 aromatic heterocycles. The second-order valence-electron chi connectivity index (χ2n) is 13.6. The average Bonchev–Trinajstić information content (AvgIpc) is 3.87. The number of esters is 1. The number of anilines is 1. The number of imidazole rings is 1. The zero-order chi connectivity index (χ0) is 43.1. The molecule has 0 saturated carbocycles. The Hall–Kier alpha value is -6.99. The molecule has 6 aromatic rings. The molecule has 0 spiro atoms. The molecule has 2 N–H and O–H groups in total. The number of benzene rings is 3. The molecule has 3 heterocycles. The van der Waals surface area contributed by atoms with Crippen molar-refractivity contribution >= 4 is 23.5 Å². The molecule has 18 nitrogen and oxygen atoms in total. The number of ether oxygens (including phenoxy) is 3. The lowest BCUT2D eigenvalue weighted by Gasteiger charge is -2.18. The normalized spacial score (nSPS) is 11.2. The van der Waals surface area contributed by atoms with Gasteiger partial charge in [0.25, 0.3) is 5.56 Å². The monoisotopic (exact) mass is 838 g/mol. The smallest absolute Gasteiger partial charge is 0.345 e. The summed E-state index contributed by atoms with van der Waals surface area (Å²) in [6.07, 6.45) is 2.91. The van der Waals surface area contributed by atoms with Crippen LogP contribution < -0.4 is 16.2 Å². The number of azide groups is 1. The van der Waals surface area contributed by atoms with Crippen LogP contribution in [0.4, 0.5) is 19.3 Å². The van der Waals surface area contributed by atoms with Crippen molar-refractivity contribution in [3.63, 3.8) is 0 Å². The van der Waals surface area contributed by atoms with Gasteiger partial charge in [-0.05, 0) is 49.3 Å². The predicted molar refractivity (Wildman–Crippen MR) is 219 cm³/mol. The number of halogens is 2. The summed E-state index contributed by atoms with van der Waals surface area (Å²) in [7, 11) is 1.87. The second-order valence-corrected chi connectivity index (χ2v) is 13.6. The minimum absolute atomic E-state index is 0.00202. The minimum Gasteiger partial charge on any atom is -0.462 e. The molecular weight excluding hydrogens is 795 g/mol. The highest BCUT2D eigenvalue weighted by Gasteiger charge is 2.25. The maximum atomic E-state index is 15.0. The third-order valence-electron chi connectivity index (χ3n) is 9.20. The number of hydrogen-bond acceptors (Lipinski definition) is 11. The van der Waals surface area contributed by atoms with Crippen LogP contribution in [0.3, 0.4) is 0 Å². The van der Waals surface area contributed by atoms with Crippen molar-refractivity contribution in [3.8, 4) is 11.3 Å². The molecule has 0 fully saturated rings. The molecule has 6 rings (SSSR count). The highest BCUT2D eigenvalue weighted by Crippen LogP contribution is 2.28. The summed E-state index contributed by atoms with van der Waals surface area (Å²) in [5.41, 5.74) is 10.3. The zero-order valence-corrected chi connectivity index (χ0v) is 33.5. The van der Waals surface area contributed by atoms with Gasteiger partial charge in [-0.25, -0.2) is 32.4 Å². The Balaban J connectivity index is 1.20. The molecule has 0 aliphatic heterocycles. The summed E-state index contributed by atoms with van der Waals surface area (Å²) in [5, 5.41) is 17.1. The van der Waals surface area contributed by atoms with E-state index in [4.69, 9.17) is 24.7 Å². The fourth-order valence-corrected chi connectivity index (χ4v) is 6.36. The van der Waals surface area contributed by atoms with Crippen molar-refractivity contribution in [1.82, 2.24) is 39.2 Å². The fourth-order valence-electron chi connectivity index (χ4n) is 6.36. The van der Waals surface area contributed by atoms with Gasteiger partial charge in [0, 0.05) is 47.6 Å². The van der Waals surface area contributed by atoms with Gasteiger partial charge in [0.05, 0.1) is 70.3 Å². The third-order valence-corrected chi connectivity index (χ3v) is 9.20. The van der Waals surface area contributed by atoms with Crippen molar-refractivity contribution in [2.75, 3.05) is 51.9 Å². The minimum atomic E-state index is -0.890. The van der Waals surface area contributed by atoms with Crippen LogP contribution in [0.2, 0.25) is 0 Å². The predicted octanol–water partition coefficient (Wildman–Crippen LogP) is 5.55. The van der Waals surface area contributed by atoms with Crippen LogP contribution >= 0.6 is 0 Å². The largest absolute Gasteiger partial charge is 0.462 e. The van der Waals surface area contributed by atoms with E-state index in [9.17, 15) is 23.2 Å². The van der Waals surface area contributed by atoms with Gasteiger partial charge in [0.2, 0.25) is 5.78 Å². The molecule has 0 aliphatic rings. The Labute approximate surface area is 348 Å². The van der Waals surface area contributed by atoms with E-state index >= 15 is 0 Å². The van der Waals surface area contributed by atoms with E-state index in [1.165, 1.54) is 21.2 Å². The Bertz CT molecular complexity index is 2520. The zero-order valence-electron chi connectivity index (χ0n) is 33.5. The maximum Gasteiger partial charge on any atom is 0.345 e. The number of urea groups is 1. The van der Waals surface area contributed by atoms with Gasteiger partial charge in [0.1, 0.15) is 22.9 Å². The lowest BCUT2D eigenvalue weighted by atomic mass is 10.1. The van der Waals surface area contributed by atoms with Gasteiger partial charge in [-0.1, -0.05) is 58.9 Å². The average molecular weight is 839 g/mol. The molecule has 3 aromatic carbocycles. The quantitative estimate of drug-likeness (QED) is 0.0304. The van der Waals surface area contributed by atoms with Crippen LogP contribution in [0.1, 0.15) is 39.8 Å². The number of amides is 2. The van der Waals surface area contributed by atoms with Gasteiger partial charge < -0.3 is 29.4 Å². The summed E-state index contributed by atoms with van der Waals surface area (Å²) in [6, 6.07) is 19.5. The van der Waals surface area contributed by atoms with E-state index in [1.807, 2.05) is 42.3 Å². The summed E-state index contributed by atoms with van der Waals surface area (Å²) < 4.78 is 50.3. The molecule has 61 heavy (non-hydrogen) atoms. The Morgan fingerprint density at radius 3 is 2.39 bits per heavy atom. The number of aromatic nitrogens is 6. The van der Waals surface area contributed by atoms with Crippen molar-refractivity contribution in [2.24, 2.45) is 5.11 Å². The van der Waals surface area contributed by atoms with Crippen molar-refractivity contribution in [3.05, 3.63) is 146 Å². The van der Waals surface area contributed by atoms with E-state index in [1.54, 1.807) is 42.1 Å². The topological polar surface area (TPSA) is 208 Å². The van der Waals surface area contributed by atoms with Gasteiger partial charge >= 0.3 is 12.0 Å². The van der Waals surface area contributed by atoms with Crippen LogP contribution in [-0.2, 0) is 46.9 Å². The Morgan fingerprint density at radius 1 is 0.934 bits per heavy atom. The summed E-state index contributed by atoms with van der Waals surface area (Å²) in [6.45, 7) is 4.12. The van der Waals surface area contributed by atoms with E-state index in [0.717, 1.165) is 17.7 Å². The van der Waals surface area contributed by atoms with E-state index in [-0.39, 0.29) is 49.7 Å². The first-order valence-electron chi connectivity index (χ1n) is 19.3. The maximum absolute atomic E-state index is 15.0. The van der Waals surface area contributed by atoms with Crippen molar-refractivity contribution in [2.45, 2.75) is 39.6 Å². The number of nitrogens with zero attached hydrogens (tertiary/aromatic N) is 10.